The summed E-state index contributed by atoms with van der Waals surface area (Å²) in [5.74, 6) is -1.03. The number of thiophene rings is 1. The Morgan fingerprint density at radius 2 is 2.25 bits per heavy atom. The van der Waals surface area contributed by atoms with Crippen molar-refractivity contribution in [1.82, 2.24) is 19.9 Å². The Hall–Kier alpha value is -1.73. The average Bonchev–Trinajstić information content (AvgIpc) is 2.96. The summed E-state index contributed by atoms with van der Waals surface area (Å²) in [6.07, 6.45) is 1.50. The number of nitrogens with zero attached hydrogens (tertiary/aromatic N) is 4. The summed E-state index contributed by atoms with van der Waals surface area (Å²) in [7, 11) is 0. The molecular formula is C13H16N4O2S. The molecule has 0 aromatic carbocycles. The molecule has 0 amide bonds. The molecule has 6 nitrogen and oxygen atoms in total. The number of carboxylic acid groups (broad SMARTS) is 1. The number of hydrogen-bond donors (Lipinski definition) is 1. The van der Waals surface area contributed by atoms with Crippen LogP contribution in [-0.2, 0) is 0 Å². The van der Waals surface area contributed by atoms with Crippen molar-refractivity contribution in [1.29, 1.82) is 0 Å². The van der Waals surface area contributed by atoms with Gasteiger partial charge in [-0.1, -0.05) is 5.21 Å². The largest absolute Gasteiger partial charge is 0.476 e. The van der Waals surface area contributed by atoms with E-state index in [0.717, 1.165) is 13.1 Å². The number of aryl methyl sites for hydroxylation is 1. The summed E-state index contributed by atoms with van der Waals surface area (Å²) < 4.78 is 1.66. The number of carbonyl (C=O) groups is 1. The Balaban J connectivity index is 1.61. The highest BCUT2D eigenvalue weighted by Crippen LogP contribution is 2.33. The Bertz CT molecular complexity index is 630. The van der Waals surface area contributed by atoms with Crippen LogP contribution in [0.25, 0.3) is 0 Å². The van der Waals surface area contributed by atoms with Gasteiger partial charge in [0.2, 0.25) is 0 Å². The van der Waals surface area contributed by atoms with Crippen molar-refractivity contribution in [3.8, 4) is 0 Å². The second-order valence-corrected chi connectivity index (χ2v) is 6.44. The lowest BCUT2D eigenvalue weighted by Gasteiger charge is -2.42. The van der Waals surface area contributed by atoms with Crippen LogP contribution < -0.4 is 0 Å². The first-order chi connectivity index (χ1) is 9.54. The number of likely N-dealkylation sites (tertiary alicyclic amines) is 1. The highest BCUT2D eigenvalue weighted by atomic mass is 32.1. The van der Waals surface area contributed by atoms with Crippen LogP contribution in [0.1, 0.15) is 39.3 Å². The highest BCUT2D eigenvalue weighted by Gasteiger charge is 2.33. The molecule has 0 bridgehead atoms. The van der Waals surface area contributed by atoms with Gasteiger partial charge in [-0.2, -0.15) is 0 Å². The molecule has 0 radical (unpaired) electrons. The third kappa shape index (κ3) is 2.34. The Labute approximate surface area is 120 Å². The Morgan fingerprint density at radius 1 is 1.50 bits per heavy atom. The van der Waals surface area contributed by atoms with Crippen molar-refractivity contribution in [2.45, 2.75) is 25.9 Å². The zero-order valence-corrected chi connectivity index (χ0v) is 12.2. The molecule has 0 saturated carbocycles. The van der Waals surface area contributed by atoms with Gasteiger partial charge >= 0.3 is 5.97 Å². The van der Waals surface area contributed by atoms with Crippen LogP contribution in [0.3, 0.4) is 0 Å². The van der Waals surface area contributed by atoms with E-state index in [9.17, 15) is 4.79 Å². The smallest absolute Gasteiger partial charge is 0.358 e. The van der Waals surface area contributed by atoms with Gasteiger partial charge < -0.3 is 5.11 Å². The van der Waals surface area contributed by atoms with Gasteiger partial charge in [-0.15, -0.1) is 16.4 Å². The van der Waals surface area contributed by atoms with Gasteiger partial charge in [0, 0.05) is 28.9 Å². The van der Waals surface area contributed by atoms with Crippen molar-refractivity contribution >= 4 is 17.3 Å². The molecule has 1 atom stereocenters. The highest BCUT2D eigenvalue weighted by molar-refractivity contribution is 7.12. The van der Waals surface area contributed by atoms with Crippen LogP contribution in [0.5, 0.6) is 0 Å². The van der Waals surface area contributed by atoms with Crippen LogP contribution in [0.2, 0.25) is 0 Å². The zero-order chi connectivity index (χ0) is 14.3. The summed E-state index contributed by atoms with van der Waals surface area (Å²) in [5.41, 5.74) is 0.00498. The van der Waals surface area contributed by atoms with Gasteiger partial charge in [-0.25, -0.2) is 9.48 Å². The molecule has 3 rings (SSSR count). The first kappa shape index (κ1) is 13.3. The normalized spacial score (nSPS) is 17.9. The second kappa shape index (κ2) is 4.99. The molecular weight excluding hydrogens is 276 g/mol. The summed E-state index contributed by atoms with van der Waals surface area (Å²) >= 11 is 1.82. The van der Waals surface area contributed by atoms with Crippen LogP contribution >= 0.6 is 11.3 Å². The molecule has 2 aromatic rings. The van der Waals surface area contributed by atoms with E-state index in [0.29, 0.717) is 6.04 Å². The number of rotatable bonds is 4. The van der Waals surface area contributed by atoms with Gasteiger partial charge in [0.15, 0.2) is 5.69 Å². The van der Waals surface area contributed by atoms with E-state index in [1.54, 1.807) is 4.68 Å². The minimum absolute atomic E-state index is 0.00498. The molecule has 20 heavy (non-hydrogen) atoms. The maximum Gasteiger partial charge on any atom is 0.358 e. The topological polar surface area (TPSA) is 71.2 Å². The number of carboxylic acids is 1. The number of hydrogen-bond acceptors (Lipinski definition) is 5. The quantitative estimate of drug-likeness (QED) is 0.932. The minimum Gasteiger partial charge on any atom is -0.476 e. The summed E-state index contributed by atoms with van der Waals surface area (Å²) in [5, 5.41) is 16.4. The summed E-state index contributed by atoms with van der Waals surface area (Å²) in [4.78, 5) is 15.8. The van der Waals surface area contributed by atoms with Crippen molar-refractivity contribution in [3.05, 3.63) is 33.8 Å². The fourth-order valence-corrected chi connectivity index (χ4v) is 3.35. The van der Waals surface area contributed by atoms with E-state index in [1.165, 1.54) is 16.0 Å². The molecule has 2 aromatic heterocycles. The van der Waals surface area contributed by atoms with Crippen molar-refractivity contribution < 1.29 is 9.90 Å². The summed E-state index contributed by atoms with van der Waals surface area (Å²) in [6.45, 7) is 6.06. The molecule has 1 fully saturated rings. The van der Waals surface area contributed by atoms with Crippen molar-refractivity contribution in [2.24, 2.45) is 0 Å². The van der Waals surface area contributed by atoms with Crippen LogP contribution in [-0.4, -0.2) is 44.1 Å². The van der Waals surface area contributed by atoms with E-state index < -0.39 is 5.97 Å². The third-order valence-corrected chi connectivity index (χ3v) is 4.89. The SMILES string of the molecule is Cc1ccc(C(C)N2CC(n3cc(C(=O)O)nn3)C2)s1. The van der Waals surface area contributed by atoms with E-state index in [-0.39, 0.29) is 11.7 Å². The van der Waals surface area contributed by atoms with Gasteiger partial charge in [0.25, 0.3) is 0 Å². The average molecular weight is 292 g/mol. The standard InChI is InChI=1S/C13H16N4O2S/c1-8-3-4-12(20-8)9(2)16-5-10(6-16)17-7-11(13(18)19)14-15-17/h3-4,7,9-10H,5-6H2,1-2H3,(H,18,19). The molecule has 1 aliphatic heterocycles. The zero-order valence-electron chi connectivity index (χ0n) is 11.4. The first-order valence-electron chi connectivity index (χ1n) is 6.50. The minimum atomic E-state index is -1.03. The van der Waals surface area contributed by atoms with Crippen LogP contribution in [0, 0.1) is 6.92 Å². The second-order valence-electron chi connectivity index (χ2n) is 5.12. The predicted octanol–water partition coefficient (Wildman–Crippen LogP) is 1.96. The van der Waals surface area contributed by atoms with E-state index in [2.05, 4.69) is 41.2 Å². The molecule has 1 N–H and O–H groups in total. The number of aromatic nitrogens is 3. The lowest BCUT2D eigenvalue weighted by Crippen LogP contribution is -2.48. The predicted molar refractivity (Wildman–Crippen MR) is 75.1 cm³/mol. The Morgan fingerprint density at radius 3 is 2.80 bits per heavy atom. The first-order valence-corrected chi connectivity index (χ1v) is 7.32. The molecule has 7 heteroatoms. The van der Waals surface area contributed by atoms with Gasteiger partial charge in [-0.05, 0) is 26.0 Å². The fourth-order valence-electron chi connectivity index (χ4n) is 2.38. The van der Waals surface area contributed by atoms with E-state index in [1.807, 2.05) is 11.3 Å². The lowest BCUT2D eigenvalue weighted by molar-refractivity contribution is 0.0599. The lowest BCUT2D eigenvalue weighted by atomic mass is 10.1. The van der Waals surface area contributed by atoms with E-state index in [4.69, 9.17) is 5.11 Å². The monoisotopic (exact) mass is 292 g/mol. The molecule has 3 heterocycles. The van der Waals surface area contributed by atoms with Gasteiger partial charge in [0.1, 0.15) is 0 Å². The van der Waals surface area contributed by atoms with Crippen LogP contribution in [0.15, 0.2) is 18.3 Å². The molecule has 0 aliphatic carbocycles. The molecule has 1 saturated heterocycles. The Kier molecular flexibility index (Phi) is 3.31. The van der Waals surface area contributed by atoms with Crippen molar-refractivity contribution in [2.75, 3.05) is 13.1 Å². The maximum absolute atomic E-state index is 10.8. The number of aromatic carboxylic acids is 1. The summed E-state index contributed by atoms with van der Waals surface area (Å²) in [6, 6.07) is 4.94. The fraction of sp³-hybridized carbons (Fsp3) is 0.462. The third-order valence-electron chi connectivity index (χ3n) is 3.71. The van der Waals surface area contributed by atoms with Gasteiger partial charge in [-0.3, -0.25) is 4.90 Å². The molecule has 0 spiro atoms. The maximum atomic E-state index is 10.8. The van der Waals surface area contributed by atoms with Gasteiger partial charge in [0.05, 0.1) is 12.2 Å². The van der Waals surface area contributed by atoms with E-state index >= 15 is 0 Å². The molecule has 1 aliphatic rings. The molecule has 106 valence electrons. The van der Waals surface area contributed by atoms with Crippen LogP contribution in [0.4, 0.5) is 0 Å². The van der Waals surface area contributed by atoms with Crippen molar-refractivity contribution in [3.63, 3.8) is 0 Å². The molecule has 1 unspecified atom stereocenters.